The largest absolute Gasteiger partial charge is 0.492 e. The number of hydrogen-bond acceptors (Lipinski definition) is 7. The monoisotopic (exact) mass is 562 g/mol. The molecule has 1 aromatic carbocycles. The van der Waals surface area contributed by atoms with Crippen LogP contribution < -0.4 is 20.7 Å². The van der Waals surface area contributed by atoms with Crippen LogP contribution in [0, 0.1) is 12.3 Å². The maximum absolute atomic E-state index is 13.4. The van der Waals surface area contributed by atoms with E-state index in [1.165, 1.54) is 0 Å². The molecule has 1 spiro atoms. The minimum absolute atomic E-state index is 0.0216. The average molecular weight is 563 g/mol. The van der Waals surface area contributed by atoms with E-state index in [1.54, 1.807) is 13.0 Å². The first-order chi connectivity index (χ1) is 18.5. The van der Waals surface area contributed by atoms with Crippen LogP contribution in [0.2, 0.25) is 0 Å². The molecule has 10 nitrogen and oxygen atoms in total. The maximum atomic E-state index is 13.4. The molecule has 2 fully saturated rings. The van der Waals surface area contributed by atoms with Crippen LogP contribution in [0.15, 0.2) is 18.2 Å². The second-order valence-corrected chi connectivity index (χ2v) is 13.8. The molecule has 1 aromatic rings. The molecule has 1 unspecified atom stereocenters. The van der Waals surface area contributed by atoms with E-state index < -0.39 is 20.8 Å². The zero-order valence-corrected chi connectivity index (χ0v) is 24.0. The number of carbonyl (C=O) groups excluding carboxylic acids is 3. The molecule has 216 valence electrons. The molecule has 4 rings (SSSR count). The van der Waals surface area contributed by atoms with Gasteiger partial charge in [0, 0.05) is 13.1 Å². The van der Waals surface area contributed by atoms with Gasteiger partial charge in [-0.05, 0) is 77.1 Å². The number of para-hydroxylation sites is 1. The Hall–Kier alpha value is -2.66. The van der Waals surface area contributed by atoms with E-state index in [-0.39, 0.29) is 35.8 Å². The third kappa shape index (κ3) is 7.51. The number of sulfone groups is 1. The molecule has 1 atom stereocenters. The van der Waals surface area contributed by atoms with Crippen molar-refractivity contribution >= 4 is 27.6 Å². The number of aryl methyl sites for hydroxylation is 1. The second-order valence-electron chi connectivity index (χ2n) is 11.6. The van der Waals surface area contributed by atoms with Gasteiger partial charge in [0.25, 0.3) is 5.91 Å². The van der Waals surface area contributed by atoms with Crippen LogP contribution >= 0.6 is 0 Å². The number of likely N-dealkylation sites (tertiary alicyclic amines) is 1. The summed E-state index contributed by atoms with van der Waals surface area (Å²) in [6, 6.07) is 5.54. The number of benzene rings is 1. The third-order valence-corrected chi connectivity index (χ3v) is 10.2. The van der Waals surface area contributed by atoms with E-state index >= 15 is 0 Å². The summed E-state index contributed by atoms with van der Waals surface area (Å²) in [7, 11) is -3.10. The van der Waals surface area contributed by atoms with Gasteiger partial charge in [0.1, 0.15) is 5.75 Å². The highest BCUT2D eigenvalue weighted by molar-refractivity contribution is 7.91. The molecule has 3 aliphatic rings. The predicted octanol–water partition coefficient (Wildman–Crippen LogP) is 1.57. The van der Waals surface area contributed by atoms with Crippen molar-refractivity contribution in [1.29, 1.82) is 0 Å². The smallest absolute Gasteiger partial charge is 0.255 e. The number of fused-ring (bicyclic) bond motifs is 1. The first-order valence-electron chi connectivity index (χ1n) is 14.0. The van der Waals surface area contributed by atoms with Crippen LogP contribution in [0.1, 0.15) is 67.8 Å². The molecule has 0 saturated carbocycles. The topological polar surface area (TPSA) is 134 Å². The lowest BCUT2D eigenvalue weighted by atomic mass is 9.73. The lowest BCUT2D eigenvalue weighted by Crippen LogP contribution is -2.53. The Kier molecular flexibility index (Phi) is 9.21. The van der Waals surface area contributed by atoms with Gasteiger partial charge >= 0.3 is 0 Å². The van der Waals surface area contributed by atoms with Gasteiger partial charge in [0.15, 0.2) is 9.84 Å². The summed E-state index contributed by atoms with van der Waals surface area (Å²) < 4.78 is 29.7. The summed E-state index contributed by atoms with van der Waals surface area (Å²) in [5.41, 5.74) is 0.210. The molecule has 0 aliphatic carbocycles. The van der Waals surface area contributed by atoms with Gasteiger partial charge in [-0.25, -0.2) is 8.42 Å². The van der Waals surface area contributed by atoms with E-state index in [0.29, 0.717) is 69.8 Å². The van der Waals surface area contributed by atoms with Crippen LogP contribution in [0.25, 0.3) is 0 Å². The number of rotatable bonds is 3. The number of nitrogens with zero attached hydrogens (tertiary/aromatic N) is 1. The van der Waals surface area contributed by atoms with Crippen molar-refractivity contribution in [3.8, 4) is 5.75 Å². The van der Waals surface area contributed by atoms with Gasteiger partial charge in [0.2, 0.25) is 11.8 Å². The lowest BCUT2D eigenvalue weighted by Gasteiger charge is -2.41. The maximum Gasteiger partial charge on any atom is 0.255 e. The Balaban J connectivity index is 1.33. The summed E-state index contributed by atoms with van der Waals surface area (Å²) in [4.78, 5) is 41.0. The molecular formula is C28H42N4O6S. The normalized spacial score (nSPS) is 26.3. The zero-order valence-electron chi connectivity index (χ0n) is 23.1. The average Bonchev–Trinajstić information content (AvgIpc) is 3.16. The van der Waals surface area contributed by atoms with E-state index in [4.69, 9.17) is 4.74 Å². The summed E-state index contributed by atoms with van der Waals surface area (Å²) in [5.74, 6) is 0.394. The summed E-state index contributed by atoms with van der Waals surface area (Å²) >= 11 is 0. The van der Waals surface area contributed by atoms with Crippen molar-refractivity contribution in [2.75, 3.05) is 50.8 Å². The van der Waals surface area contributed by atoms with Crippen molar-refractivity contribution in [2.24, 2.45) is 5.41 Å². The highest BCUT2D eigenvalue weighted by Crippen LogP contribution is 2.37. The fraction of sp³-hybridized carbons (Fsp3) is 0.679. The third-order valence-electron chi connectivity index (χ3n) is 8.28. The fourth-order valence-corrected chi connectivity index (χ4v) is 8.06. The molecule has 11 heteroatoms. The first-order valence-corrected chi connectivity index (χ1v) is 15.9. The molecule has 2 saturated heterocycles. The van der Waals surface area contributed by atoms with Crippen molar-refractivity contribution < 1.29 is 27.5 Å². The van der Waals surface area contributed by atoms with E-state index in [2.05, 4.69) is 16.0 Å². The molecule has 3 N–H and O–H groups in total. The number of hydrogen-bond donors (Lipinski definition) is 3. The molecule has 0 bridgehead atoms. The number of piperidine rings is 1. The van der Waals surface area contributed by atoms with Gasteiger partial charge in [0.05, 0.1) is 41.2 Å². The highest BCUT2D eigenvalue weighted by Gasteiger charge is 2.42. The molecular weight excluding hydrogens is 520 g/mol. The fourth-order valence-electron chi connectivity index (χ4n) is 5.96. The van der Waals surface area contributed by atoms with Crippen molar-refractivity contribution in [2.45, 2.75) is 64.3 Å². The number of nitrogens with one attached hydrogen (secondary N) is 3. The summed E-state index contributed by atoms with van der Waals surface area (Å²) in [5, 5.41) is 9.04. The van der Waals surface area contributed by atoms with Gasteiger partial charge < -0.3 is 20.7 Å². The summed E-state index contributed by atoms with van der Waals surface area (Å²) in [6.07, 6.45) is 4.63. The van der Waals surface area contributed by atoms with Gasteiger partial charge in [-0.3, -0.25) is 19.3 Å². The van der Waals surface area contributed by atoms with Crippen molar-refractivity contribution in [1.82, 2.24) is 20.9 Å². The standard InChI is InChI=1S/C28H42N4O6S/c1-21-7-5-8-22-24(21)38-17-6-14-30-26(35)28(9-3-4-13-29-25(22)34)10-15-32(16-11-28)19-23(33)31-27(2)12-18-39(36,37)20-27/h5,7-8H,3-4,6,9-20H2,1-2H3,(H,29,34)(H,30,35)(H,31,33). The minimum atomic E-state index is -3.10. The first kappa shape index (κ1) is 29.3. The van der Waals surface area contributed by atoms with Crippen molar-refractivity contribution in [3.05, 3.63) is 29.3 Å². The van der Waals surface area contributed by atoms with Gasteiger partial charge in [-0.1, -0.05) is 18.6 Å². The van der Waals surface area contributed by atoms with Crippen LogP contribution in [-0.2, 0) is 19.4 Å². The number of carbonyl (C=O) groups is 3. The molecule has 3 amide bonds. The molecule has 3 heterocycles. The van der Waals surface area contributed by atoms with Gasteiger partial charge in [-0.15, -0.1) is 0 Å². The Morgan fingerprint density at radius 2 is 1.79 bits per heavy atom. The van der Waals surface area contributed by atoms with Crippen LogP contribution in [-0.4, -0.2) is 87.4 Å². The quantitative estimate of drug-likeness (QED) is 0.509. The predicted molar refractivity (Wildman–Crippen MR) is 148 cm³/mol. The molecule has 3 aliphatic heterocycles. The Morgan fingerprint density at radius 1 is 1.05 bits per heavy atom. The van der Waals surface area contributed by atoms with E-state index in [9.17, 15) is 22.8 Å². The Bertz CT molecular complexity index is 1180. The zero-order chi connectivity index (χ0) is 28.1. The Morgan fingerprint density at radius 3 is 2.51 bits per heavy atom. The van der Waals surface area contributed by atoms with Crippen molar-refractivity contribution in [3.63, 3.8) is 0 Å². The second kappa shape index (κ2) is 12.2. The van der Waals surface area contributed by atoms with Crippen LogP contribution in [0.4, 0.5) is 0 Å². The molecule has 0 aromatic heterocycles. The molecule has 39 heavy (non-hydrogen) atoms. The summed E-state index contributed by atoms with van der Waals surface area (Å²) in [6.45, 7) is 6.52. The van der Waals surface area contributed by atoms with Gasteiger partial charge in [-0.2, -0.15) is 0 Å². The molecule has 0 radical (unpaired) electrons. The lowest BCUT2D eigenvalue weighted by molar-refractivity contribution is -0.135. The van der Waals surface area contributed by atoms with Crippen LogP contribution in [0.5, 0.6) is 5.75 Å². The number of ether oxygens (including phenoxy) is 1. The minimum Gasteiger partial charge on any atom is -0.492 e. The highest BCUT2D eigenvalue weighted by atomic mass is 32.2. The SMILES string of the molecule is Cc1cccc2c1OCCCNC(=O)C1(CCCCNC2=O)CCN(CC(=O)NC2(C)CCS(=O)(=O)C2)CC1. The number of amides is 3. The van der Waals surface area contributed by atoms with E-state index in [0.717, 1.165) is 24.8 Å². The Labute approximate surface area is 231 Å². The van der Waals surface area contributed by atoms with E-state index in [1.807, 2.05) is 24.0 Å². The van der Waals surface area contributed by atoms with Crippen LogP contribution in [0.3, 0.4) is 0 Å².